The highest BCUT2D eigenvalue weighted by Gasteiger charge is 2.56. The maximum Gasteiger partial charge on any atom is 0.377 e. The van der Waals surface area contributed by atoms with Crippen molar-refractivity contribution in [1.29, 1.82) is 0 Å². The third kappa shape index (κ3) is 2.05. The lowest BCUT2D eigenvalue weighted by Gasteiger charge is -2.49. The molecule has 2 aliphatic heterocycles. The summed E-state index contributed by atoms with van der Waals surface area (Å²) < 4.78 is 26.7. The average Bonchev–Trinajstić information content (AvgIpc) is 2.69. The van der Waals surface area contributed by atoms with E-state index in [1.807, 2.05) is 0 Å². The zero-order valence-electron chi connectivity index (χ0n) is 11.7. The molecule has 4 atom stereocenters. The van der Waals surface area contributed by atoms with E-state index in [0.29, 0.717) is 0 Å². The zero-order valence-corrected chi connectivity index (χ0v) is 11.7. The third-order valence-corrected chi connectivity index (χ3v) is 3.78. The van der Waals surface area contributed by atoms with Crippen molar-refractivity contribution in [1.82, 2.24) is 0 Å². The minimum absolute atomic E-state index is 0.0153. The molecule has 0 aliphatic carbocycles. The lowest BCUT2D eigenvalue weighted by Crippen LogP contribution is -2.64. The molecule has 1 saturated heterocycles. The highest BCUT2D eigenvalue weighted by molar-refractivity contribution is 5.89. The Hall–Kier alpha value is -1.35. The molecule has 114 valence electrons. The van der Waals surface area contributed by atoms with Gasteiger partial charge in [-0.1, -0.05) is 0 Å². The molecule has 0 radical (unpaired) electrons. The maximum absolute atomic E-state index is 11.2. The van der Waals surface area contributed by atoms with Gasteiger partial charge in [0.15, 0.2) is 11.9 Å². The summed E-state index contributed by atoms with van der Waals surface area (Å²) in [5, 5.41) is 19.0. The maximum atomic E-state index is 11.2. The van der Waals surface area contributed by atoms with Crippen molar-refractivity contribution in [3.63, 3.8) is 0 Å². The first-order chi connectivity index (χ1) is 9.28. The van der Waals surface area contributed by atoms with Gasteiger partial charge in [0.25, 0.3) is 0 Å². The molecular weight excluding hydrogens is 272 g/mol. The van der Waals surface area contributed by atoms with Crippen LogP contribution in [0.5, 0.6) is 0 Å². The van der Waals surface area contributed by atoms with Gasteiger partial charge in [-0.25, -0.2) is 4.79 Å². The molecule has 8 nitrogen and oxygen atoms in total. The Morgan fingerprint density at radius 2 is 1.80 bits per heavy atom. The van der Waals surface area contributed by atoms with Crippen LogP contribution in [0, 0.1) is 0 Å². The molecule has 0 aromatic carbocycles. The molecule has 2 aliphatic rings. The highest BCUT2D eigenvalue weighted by Crippen LogP contribution is 2.39. The van der Waals surface area contributed by atoms with Crippen molar-refractivity contribution in [2.24, 2.45) is 0 Å². The van der Waals surface area contributed by atoms with Crippen LogP contribution in [0.4, 0.5) is 0 Å². The molecule has 2 heterocycles. The number of aliphatic hydroxyl groups excluding tert-OH is 2. The average molecular weight is 290 g/mol. The SMILES string of the molecule is CO[C@@]1(C)OC[C@@H]([C@H]2OC(=O)C(O)=C2O)O[C@]1(C)OC. The summed E-state index contributed by atoms with van der Waals surface area (Å²) >= 11 is 0. The lowest BCUT2D eigenvalue weighted by molar-refractivity contribution is -0.435. The number of aliphatic hydroxyl groups is 2. The molecule has 20 heavy (non-hydrogen) atoms. The molecule has 0 saturated carbocycles. The Morgan fingerprint density at radius 3 is 2.25 bits per heavy atom. The van der Waals surface area contributed by atoms with E-state index >= 15 is 0 Å². The number of methoxy groups -OCH3 is 2. The fourth-order valence-corrected chi connectivity index (χ4v) is 2.15. The number of ether oxygens (including phenoxy) is 5. The van der Waals surface area contributed by atoms with E-state index in [2.05, 4.69) is 0 Å². The minimum Gasteiger partial charge on any atom is -0.505 e. The van der Waals surface area contributed by atoms with Crippen molar-refractivity contribution in [2.45, 2.75) is 37.6 Å². The monoisotopic (exact) mass is 290 g/mol. The predicted molar refractivity (Wildman–Crippen MR) is 63.8 cm³/mol. The van der Waals surface area contributed by atoms with Crippen LogP contribution in [-0.2, 0) is 28.5 Å². The fraction of sp³-hybridized carbons (Fsp3) is 0.750. The van der Waals surface area contributed by atoms with Gasteiger partial charge in [-0.05, 0) is 13.8 Å². The first kappa shape index (κ1) is 15.0. The first-order valence-corrected chi connectivity index (χ1v) is 6.03. The van der Waals surface area contributed by atoms with Gasteiger partial charge in [-0.15, -0.1) is 0 Å². The fourth-order valence-electron chi connectivity index (χ4n) is 2.15. The number of hydrogen-bond acceptors (Lipinski definition) is 8. The third-order valence-electron chi connectivity index (χ3n) is 3.78. The number of rotatable bonds is 3. The summed E-state index contributed by atoms with van der Waals surface area (Å²) in [4.78, 5) is 11.2. The van der Waals surface area contributed by atoms with Crippen LogP contribution in [0.25, 0.3) is 0 Å². The molecule has 0 unspecified atom stereocenters. The van der Waals surface area contributed by atoms with Gasteiger partial charge < -0.3 is 33.9 Å². The van der Waals surface area contributed by atoms with Gasteiger partial charge in [0.1, 0.15) is 6.10 Å². The van der Waals surface area contributed by atoms with Crippen LogP contribution in [0.15, 0.2) is 11.5 Å². The number of cyclic esters (lactones) is 1. The van der Waals surface area contributed by atoms with Gasteiger partial charge in [0, 0.05) is 14.2 Å². The van der Waals surface area contributed by atoms with Crippen molar-refractivity contribution in [3.8, 4) is 0 Å². The molecule has 0 bridgehead atoms. The second-order valence-electron chi connectivity index (χ2n) is 4.83. The minimum atomic E-state index is -1.28. The van der Waals surface area contributed by atoms with Crippen LogP contribution in [0.1, 0.15) is 13.8 Å². The molecular formula is C12H18O8. The standard InChI is InChI=1S/C12H18O8/c1-11(16-3)12(2,17-4)20-6(5-18-11)9-7(13)8(14)10(15)19-9/h6,9,13-14H,5H2,1-4H3/t6-,9+,11-,12-/m0/s1. The van der Waals surface area contributed by atoms with Crippen molar-refractivity contribution in [2.75, 3.05) is 20.8 Å². The van der Waals surface area contributed by atoms with Crippen LogP contribution < -0.4 is 0 Å². The summed E-state index contributed by atoms with van der Waals surface area (Å²) in [6, 6.07) is 0. The van der Waals surface area contributed by atoms with E-state index in [4.69, 9.17) is 23.7 Å². The van der Waals surface area contributed by atoms with Gasteiger partial charge in [0.05, 0.1) is 6.61 Å². The van der Waals surface area contributed by atoms with E-state index in [0.717, 1.165) is 0 Å². The largest absolute Gasteiger partial charge is 0.505 e. The van der Waals surface area contributed by atoms with Crippen LogP contribution in [-0.4, -0.2) is 60.8 Å². The molecule has 0 amide bonds. The Bertz CT molecular complexity index is 447. The zero-order chi connectivity index (χ0) is 15.1. The van der Waals surface area contributed by atoms with Crippen LogP contribution in [0.3, 0.4) is 0 Å². The lowest BCUT2D eigenvalue weighted by atomic mass is 10.0. The molecule has 0 aromatic heterocycles. The number of hydrogen-bond donors (Lipinski definition) is 2. The smallest absolute Gasteiger partial charge is 0.377 e. The van der Waals surface area contributed by atoms with E-state index < -0.39 is 41.3 Å². The second kappa shape index (κ2) is 4.88. The highest BCUT2D eigenvalue weighted by atomic mass is 16.8. The Balaban J connectivity index is 2.21. The number of carbonyl (C=O) groups excluding carboxylic acids is 1. The molecule has 2 N–H and O–H groups in total. The first-order valence-electron chi connectivity index (χ1n) is 6.03. The molecule has 0 spiro atoms. The summed E-state index contributed by atoms with van der Waals surface area (Å²) in [5.74, 6) is -4.85. The number of carbonyl (C=O) groups is 1. The molecule has 0 aromatic rings. The van der Waals surface area contributed by atoms with E-state index in [9.17, 15) is 15.0 Å². The topological polar surface area (TPSA) is 104 Å². The summed E-state index contributed by atoms with van der Waals surface area (Å²) in [5.41, 5.74) is 0. The summed E-state index contributed by atoms with van der Waals surface area (Å²) in [7, 11) is 2.86. The van der Waals surface area contributed by atoms with Crippen molar-refractivity contribution < 1.29 is 38.7 Å². The predicted octanol–water partition coefficient (Wildman–Crippen LogP) is 0.380. The Labute approximate surface area is 115 Å². The summed E-state index contributed by atoms with van der Waals surface area (Å²) in [6.45, 7) is 3.22. The van der Waals surface area contributed by atoms with Crippen LogP contribution >= 0.6 is 0 Å². The second-order valence-corrected chi connectivity index (χ2v) is 4.83. The molecule has 1 fully saturated rings. The van der Waals surface area contributed by atoms with Gasteiger partial charge >= 0.3 is 5.97 Å². The molecule has 2 rings (SSSR count). The Morgan fingerprint density at radius 1 is 1.20 bits per heavy atom. The van der Waals surface area contributed by atoms with Crippen LogP contribution in [0.2, 0.25) is 0 Å². The van der Waals surface area contributed by atoms with E-state index in [1.165, 1.54) is 14.2 Å². The van der Waals surface area contributed by atoms with Crippen molar-refractivity contribution in [3.05, 3.63) is 11.5 Å². The van der Waals surface area contributed by atoms with Gasteiger partial charge in [-0.2, -0.15) is 0 Å². The van der Waals surface area contributed by atoms with Gasteiger partial charge in [-0.3, -0.25) is 0 Å². The normalized spacial score (nSPS) is 41.9. The quantitative estimate of drug-likeness (QED) is 0.719. The summed E-state index contributed by atoms with van der Waals surface area (Å²) in [6.07, 6.45) is -1.98. The van der Waals surface area contributed by atoms with E-state index in [1.54, 1.807) is 13.8 Å². The van der Waals surface area contributed by atoms with E-state index in [-0.39, 0.29) is 6.61 Å². The Kier molecular flexibility index (Phi) is 3.67. The number of esters is 1. The van der Waals surface area contributed by atoms with Crippen molar-refractivity contribution >= 4 is 5.97 Å². The molecule has 8 heteroatoms. The van der Waals surface area contributed by atoms with Gasteiger partial charge in [0.2, 0.25) is 17.3 Å².